The molecule has 1 heterocycles. The highest BCUT2D eigenvalue weighted by Crippen LogP contribution is 2.36. The summed E-state index contributed by atoms with van der Waals surface area (Å²) >= 11 is 0. The summed E-state index contributed by atoms with van der Waals surface area (Å²) in [7, 11) is 0. The van der Waals surface area contributed by atoms with E-state index in [0.717, 1.165) is 12.5 Å². The second kappa shape index (κ2) is 4.61. The van der Waals surface area contributed by atoms with Crippen molar-refractivity contribution in [2.24, 2.45) is 11.8 Å². The highest BCUT2D eigenvalue weighted by molar-refractivity contribution is 5.94. The zero-order chi connectivity index (χ0) is 12.4. The molecule has 0 aromatic carbocycles. The highest BCUT2D eigenvalue weighted by Gasteiger charge is 2.27. The Hall–Kier alpha value is -1.78. The van der Waals surface area contributed by atoms with Crippen molar-refractivity contribution in [1.29, 1.82) is 0 Å². The van der Waals surface area contributed by atoms with Crippen LogP contribution in [0.2, 0.25) is 0 Å². The van der Waals surface area contributed by atoms with Gasteiger partial charge in [-0.15, -0.1) is 0 Å². The molecule has 1 fully saturated rings. The van der Waals surface area contributed by atoms with Crippen molar-refractivity contribution in [3.05, 3.63) is 17.8 Å². The minimum atomic E-state index is -1.02. The van der Waals surface area contributed by atoms with Crippen LogP contribution in [0.1, 0.15) is 30.1 Å². The van der Waals surface area contributed by atoms with Gasteiger partial charge in [0.05, 0.1) is 17.4 Å². The molecule has 1 aromatic heterocycles. The minimum absolute atomic E-state index is 0.0987. The predicted octanol–water partition coefficient (Wildman–Crippen LogP) is 1.82. The zero-order valence-electron chi connectivity index (χ0n) is 9.81. The summed E-state index contributed by atoms with van der Waals surface area (Å²) in [4.78, 5) is 15.0. The lowest BCUT2D eigenvalue weighted by Crippen LogP contribution is -2.14. The number of anilines is 2. The second-order valence-electron chi connectivity index (χ2n) is 4.66. The van der Waals surface area contributed by atoms with E-state index in [1.165, 1.54) is 25.1 Å². The van der Waals surface area contributed by atoms with Crippen LogP contribution in [0, 0.1) is 11.8 Å². The molecule has 4 N–H and O–H groups in total. The molecule has 5 nitrogen and oxygen atoms in total. The summed E-state index contributed by atoms with van der Waals surface area (Å²) in [6, 6.07) is 1.48. The smallest absolute Gasteiger partial charge is 0.337 e. The number of rotatable bonds is 5. The maximum Gasteiger partial charge on any atom is 0.337 e. The molecule has 1 aliphatic carbocycles. The van der Waals surface area contributed by atoms with E-state index in [0.29, 0.717) is 11.7 Å². The van der Waals surface area contributed by atoms with E-state index in [2.05, 4.69) is 17.2 Å². The molecule has 0 bridgehead atoms. The summed E-state index contributed by atoms with van der Waals surface area (Å²) in [6.07, 6.45) is 3.99. The lowest BCUT2D eigenvalue weighted by molar-refractivity contribution is 0.0698. The van der Waals surface area contributed by atoms with Gasteiger partial charge in [0.15, 0.2) is 0 Å². The standard InChI is InChI=1S/C12H17N3O2/c1-7(8-2-3-8)5-14-11-4-9(12(16)17)10(13)6-15-11/h4,6-8H,2-3,5,13H2,1H3,(H,14,15)(H,16,17). The zero-order valence-corrected chi connectivity index (χ0v) is 9.81. The first-order chi connectivity index (χ1) is 8.08. The number of nitrogens with one attached hydrogen (secondary N) is 1. The number of hydrogen-bond acceptors (Lipinski definition) is 4. The molecule has 17 heavy (non-hydrogen) atoms. The van der Waals surface area contributed by atoms with Crippen LogP contribution in [0.25, 0.3) is 0 Å². The van der Waals surface area contributed by atoms with E-state index in [-0.39, 0.29) is 11.3 Å². The number of hydrogen-bond donors (Lipinski definition) is 3. The van der Waals surface area contributed by atoms with Crippen LogP contribution in [-0.2, 0) is 0 Å². The molecule has 5 heteroatoms. The van der Waals surface area contributed by atoms with Crippen LogP contribution < -0.4 is 11.1 Å². The highest BCUT2D eigenvalue weighted by atomic mass is 16.4. The molecule has 1 aromatic rings. The lowest BCUT2D eigenvalue weighted by Gasteiger charge is -2.12. The largest absolute Gasteiger partial charge is 0.478 e. The molecule has 2 rings (SSSR count). The molecule has 0 amide bonds. The van der Waals surface area contributed by atoms with Crippen molar-refractivity contribution < 1.29 is 9.90 Å². The molecule has 0 radical (unpaired) electrons. The van der Waals surface area contributed by atoms with Crippen LogP contribution >= 0.6 is 0 Å². The van der Waals surface area contributed by atoms with Gasteiger partial charge >= 0.3 is 5.97 Å². The van der Waals surface area contributed by atoms with E-state index >= 15 is 0 Å². The third-order valence-corrected chi connectivity index (χ3v) is 3.20. The first-order valence-corrected chi connectivity index (χ1v) is 5.80. The fourth-order valence-electron chi connectivity index (χ4n) is 1.85. The number of carboxylic acid groups (broad SMARTS) is 1. The van der Waals surface area contributed by atoms with Gasteiger partial charge in [-0.25, -0.2) is 9.78 Å². The Balaban J connectivity index is 2.00. The summed E-state index contributed by atoms with van der Waals surface area (Å²) in [5, 5.41) is 12.1. The van der Waals surface area contributed by atoms with Gasteiger partial charge in [-0.1, -0.05) is 6.92 Å². The first kappa shape index (κ1) is 11.7. The first-order valence-electron chi connectivity index (χ1n) is 5.80. The van der Waals surface area contributed by atoms with Crippen molar-refractivity contribution in [2.45, 2.75) is 19.8 Å². The van der Waals surface area contributed by atoms with Crippen LogP contribution in [0.3, 0.4) is 0 Å². The number of aromatic carboxylic acids is 1. The van der Waals surface area contributed by atoms with Crippen LogP contribution in [0.15, 0.2) is 12.3 Å². The molecule has 0 saturated heterocycles. The fourth-order valence-corrected chi connectivity index (χ4v) is 1.85. The topological polar surface area (TPSA) is 88.2 Å². The summed E-state index contributed by atoms with van der Waals surface area (Å²) in [5.41, 5.74) is 5.82. The fraction of sp³-hybridized carbons (Fsp3) is 0.500. The molecule has 0 aliphatic heterocycles. The third kappa shape index (κ3) is 2.87. The van der Waals surface area contributed by atoms with Gasteiger partial charge < -0.3 is 16.2 Å². The van der Waals surface area contributed by atoms with Gasteiger partial charge in [0, 0.05) is 6.54 Å². The molecule has 1 saturated carbocycles. The average Bonchev–Trinajstić information content (AvgIpc) is 3.11. The van der Waals surface area contributed by atoms with E-state index in [9.17, 15) is 4.79 Å². The van der Waals surface area contributed by atoms with E-state index in [4.69, 9.17) is 10.8 Å². The van der Waals surface area contributed by atoms with Crippen molar-refractivity contribution in [3.8, 4) is 0 Å². The number of nitrogen functional groups attached to an aromatic ring is 1. The quantitative estimate of drug-likeness (QED) is 0.724. The Kier molecular flexibility index (Phi) is 3.17. The maximum atomic E-state index is 10.9. The molecular weight excluding hydrogens is 218 g/mol. The van der Waals surface area contributed by atoms with Gasteiger partial charge in [0.1, 0.15) is 5.82 Å². The Labute approximate surface area is 100 Å². The molecule has 0 spiro atoms. The van der Waals surface area contributed by atoms with Gasteiger partial charge in [0.25, 0.3) is 0 Å². The van der Waals surface area contributed by atoms with Crippen molar-refractivity contribution in [1.82, 2.24) is 4.98 Å². The van der Waals surface area contributed by atoms with Crippen molar-refractivity contribution in [2.75, 3.05) is 17.6 Å². The number of nitrogens with two attached hydrogens (primary N) is 1. The van der Waals surface area contributed by atoms with Gasteiger partial charge in [-0.2, -0.15) is 0 Å². The molecule has 1 unspecified atom stereocenters. The van der Waals surface area contributed by atoms with Crippen LogP contribution in [0.4, 0.5) is 11.5 Å². The van der Waals surface area contributed by atoms with Gasteiger partial charge in [-0.3, -0.25) is 0 Å². The second-order valence-corrected chi connectivity index (χ2v) is 4.66. The maximum absolute atomic E-state index is 10.9. The third-order valence-electron chi connectivity index (χ3n) is 3.20. The average molecular weight is 235 g/mol. The van der Waals surface area contributed by atoms with E-state index < -0.39 is 5.97 Å². The molecule has 1 aliphatic rings. The van der Waals surface area contributed by atoms with Crippen LogP contribution in [-0.4, -0.2) is 22.6 Å². The normalized spacial score (nSPS) is 16.5. The summed E-state index contributed by atoms with van der Waals surface area (Å²) in [5.74, 6) is 0.963. The van der Waals surface area contributed by atoms with Crippen LogP contribution in [0.5, 0.6) is 0 Å². The number of carbonyl (C=O) groups is 1. The minimum Gasteiger partial charge on any atom is -0.478 e. The van der Waals surface area contributed by atoms with E-state index in [1.807, 2.05) is 0 Å². The Morgan fingerprint density at radius 1 is 1.71 bits per heavy atom. The SMILES string of the molecule is CC(CNc1cc(C(=O)O)c(N)cn1)C1CC1. The number of aromatic nitrogens is 1. The van der Waals surface area contributed by atoms with Gasteiger partial charge in [0.2, 0.25) is 0 Å². The van der Waals surface area contributed by atoms with Crippen molar-refractivity contribution >= 4 is 17.5 Å². The molecular formula is C12H17N3O2. The summed E-state index contributed by atoms with van der Waals surface area (Å²) in [6.45, 7) is 3.01. The monoisotopic (exact) mass is 235 g/mol. The predicted molar refractivity (Wildman–Crippen MR) is 66.0 cm³/mol. The Morgan fingerprint density at radius 2 is 2.41 bits per heavy atom. The Bertz CT molecular complexity index is 430. The Morgan fingerprint density at radius 3 is 3.00 bits per heavy atom. The van der Waals surface area contributed by atoms with E-state index in [1.54, 1.807) is 0 Å². The molecule has 92 valence electrons. The number of nitrogens with zero attached hydrogens (tertiary/aromatic N) is 1. The summed E-state index contributed by atoms with van der Waals surface area (Å²) < 4.78 is 0. The lowest BCUT2D eigenvalue weighted by atomic mass is 10.1. The van der Waals surface area contributed by atoms with Crippen molar-refractivity contribution in [3.63, 3.8) is 0 Å². The number of pyridine rings is 1. The molecule has 1 atom stereocenters. The number of carboxylic acids is 1. The van der Waals surface area contributed by atoms with Gasteiger partial charge in [-0.05, 0) is 30.7 Å².